The van der Waals surface area contributed by atoms with Crippen molar-refractivity contribution in [3.63, 3.8) is 0 Å². The predicted molar refractivity (Wildman–Crippen MR) is 145 cm³/mol. The van der Waals surface area contributed by atoms with Gasteiger partial charge in [-0.25, -0.2) is 23.4 Å². The number of hydrogen-bond donors (Lipinski definition) is 2. The van der Waals surface area contributed by atoms with Gasteiger partial charge in [0.15, 0.2) is 23.1 Å². The summed E-state index contributed by atoms with van der Waals surface area (Å²) in [6.45, 7) is 1.64. The molecule has 2 N–H and O–H groups in total. The number of unbranched alkanes of at least 4 members (excludes halogenated alkanes) is 1. The van der Waals surface area contributed by atoms with E-state index in [1.807, 2.05) is 0 Å². The number of aromatic nitrogens is 4. The van der Waals surface area contributed by atoms with Crippen molar-refractivity contribution in [3.8, 4) is 34.8 Å². The number of aliphatic hydroxyl groups is 1. The lowest BCUT2D eigenvalue weighted by Gasteiger charge is -2.18. The number of ether oxygens (including phenoxy) is 3. The second-order valence-electron chi connectivity index (χ2n) is 8.28. The van der Waals surface area contributed by atoms with Crippen molar-refractivity contribution in [1.29, 1.82) is 0 Å². The third-order valence-corrected chi connectivity index (χ3v) is 6.85. The zero-order valence-electron chi connectivity index (χ0n) is 21.6. The Kier molecular flexibility index (Phi) is 9.23. The lowest BCUT2D eigenvalue weighted by molar-refractivity contribution is 0.192. The molecule has 2 aromatic heterocycles. The quantitative estimate of drug-likeness (QED) is 0.247. The van der Waals surface area contributed by atoms with E-state index in [-0.39, 0.29) is 53.0 Å². The predicted octanol–water partition coefficient (Wildman–Crippen LogP) is 4.25. The van der Waals surface area contributed by atoms with Gasteiger partial charge in [0.25, 0.3) is 15.9 Å². The van der Waals surface area contributed by atoms with Gasteiger partial charge in [0.2, 0.25) is 11.6 Å². The zero-order valence-corrected chi connectivity index (χ0v) is 22.4. The molecule has 0 fully saturated rings. The van der Waals surface area contributed by atoms with E-state index >= 15 is 0 Å². The first kappa shape index (κ1) is 27.7. The molecule has 0 bridgehead atoms. The van der Waals surface area contributed by atoms with E-state index in [2.05, 4.69) is 31.6 Å². The number of nitrogens with zero attached hydrogens (tertiary/aromatic N) is 4. The van der Waals surface area contributed by atoms with Crippen LogP contribution in [0.5, 0.6) is 23.1 Å². The average Bonchev–Trinajstić information content (AvgIpc) is 2.96. The van der Waals surface area contributed by atoms with Crippen molar-refractivity contribution in [3.05, 3.63) is 72.6 Å². The molecule has 0 spiro atoms. The van der Waals surface area contributed by atoms with Crippen molar-refractivity contribution >= 4 is 15.8 Å². The number of aryl methyl sites for hydroxylation is 1. The Bertz CT molecular complexity index is 1480. The van der Waals surface area contributed by atoms with E-state index in [0.717, 1.165) is 24.8 Å². The maximum atomic E-state index is 13.5. The molecule has 4 rings (SSSR count). The minimum Gasteiger partial charge on any atom is -0.493 e. The highest BCUT2D eigenvalue weighted by atomic mass is 32.2. The van der Waals surface area contributed by atoms with Gasteiger partial charge in [0.1, 0.15) is 6.61 Å². The van der Waals surface area contributed by atoms with Crippen molar-refractivity contribution in [2.75, 3.05) is 25.0 Å². The maximum absolute atomic E-state index is 13.5. The number of rotatable bonds is 13. The highest BCUT2D eigenvalue weighted by Crippen LogP contribution is 2.41. The molecule has 0 radical (unpaired) electrons. The summed E-state index contributed by atoms with van der Waals surface area (Å²) in [5.74, 6) is 0.316. The minimum atomic E-state index is -4.11. The largest absolute Gasteiger partial charge is 0.493 e. The zero-order chi connectivity index (χ0) is 27.7. The molecule has 2 heterocycles. The number of anilines is 1. The van der Waals surface area contributed by atoms with E-state index in [9.17, 15) is 13.5 Å². The van der Waals surface area contributed by atoms with Gasteiger partial charge >= 0.3 is 0 Å². The topological polar surface area (TPSA) is 146 Å². The minimum absolute atomic E-state index is 0.0106. The Labute approximate surface area is 226 Å². The molecule has 12 heteroatoms. The van der Waals surface area contributed by atoms with Crippen LogP contribution < -0.4 is 18.9 Å². The third kappa shape index (κ3) is 6.98. The summed E-state index contributed by atoms with van der Waals surface area (Å²) in [5, 5.41) is 9.39. The van der Waals surface area contributed by atoms with Gasteiger partial charge in [-0.1, -0.05) is 37.6 Å². The van der Waals surface area contributed by atoms with E-state index in [1.165, 1.54) is 19.5 Å². The van der Waals surface area contributed by atoms with Crippen LogP contribution in [0, 0.1) is 0 Å². The normalized spacial score (nSPS) is 11.2. The van der Waals surface area contributed by atoms with Crippen LogP contribution in [0.15, 0.2) is 71.9 Å². The molecule has 4 aromatic rings. The van der Waals surface area contributed by atoms with E-state index < -0.39 is 10.0 Å². The average molecular weight is 552 g/mol. The second-order valence-corrected chi connectivity index (χ2v) is 9.96. The van der Waals surface area contributed by atoms with Gasteiger partial charge in [-0.05, 0) is 48.7 Å². The summed E-state index contributed by atoms with van der Waals surface area (Å²) in [4.78, 5) is 17.1. The Morgan fingerprint density at radius 2 is 1.64 bits per heavy atom. The number of para-hydroxylation sites is 2. The van der Waals surface area contributed by atoms with Crippen molar-refractivity contribution in [2.24, 2.45) is 0 Å². The van der Waals surface area contributed by atoms with Gasteiger partial charge in [-0.3, -0.25) is 4.72 Å². The van der Waals surface area contributed by atoms with Crippen molar-refractivity contribution in [1.82, 2.24) is 19.9 Å². The number of benzene rings is 2. The molecule has 39 heavy (non-hydrogen) atoms. The maximum Gasteiger partial charge on any atom is 0.263 e. The van der Waals surface area contributed by atoms with Gasteiger partial charge < -0.3 is 19.3 Å². The Hall–Kier alpha value is -4.29. The van der Waals surface area contributed by atoms with Crippen LogP contribution in [0.4, 0.5) is 5.82 Å². The highest BCUT2D eigenvalue weighted by molar-refractivity contribution is 7.92. The van der Waals surface area contributed by atoms with Crippen LogP contribution in [0.25, 0.3) is 11.6 Å². The fraction of sp³-hybridized carbons (Fsp3) is 0.259. The molecule has 0 unspecified atom stereocenters. The summed E-state index contributed by atoms with van der Waals surface area (Å²) in [6, 6.07) is 15.1. The summed E-state index contributed by atoms with van der Waals surface area (Å²) < 4.78 is 46.5. The first-order valence-corrected chi connectivity index (χ1v) is 13.8. The van der Waals surface area contributed by atoms with Crippen molar-refractivity contribution in [2.45, 2.75) is 31.1 Å². The van der Waals surface area contributed by atoms with Gasteiger partial charge in [-0.15, -0.1) is 0 Å². The molecule has 0 aliphatic carbocycles. The molecule has 0 aliphatic heterocycles. The first-order valence-electron chi connectivity index (χ1n) is 12.3. The monoisotopic (exact) mass is 551 g/mol. The molecule has 0 atom stereocenters. The van der Waals surface area contributed by atoms with E-state index in [4.69, 9.17) is 14.2 Å². The summed E-state index contributed by atoms with van der Waals surface area (Å²) in [7, 11) is -2.64. The standard InChI is InChI=1S/C27H29N5O6S/c1-3-4-8-19-11-13-20(14-12-19)39(34,35)32-24-23(38-22-10-6-5-9-21(22)36-2)27(37-18-17-33)31-26(30-24)25-28-15-7-16-29-25/h5-7,9-16,33H,3-4,8,17-18H2,1-2H3,(H,30,31,32). The fourth-order valence-electron chi connectivity index (χ4n) is 3.56. The molecular formula is C27H29N5O6S. The Morgan fingerprint density at radius 3 is 2.31 bits per heavy atom. The third-order valence-electron chi connectivity index (χ3n) is 5.50. The van der Waals surface area contributed by atoms with Gasteiger partial charge in [0, 0.05) is 12.4 Å². The van der Waals surface area contributed by atoms with Crippen LogP contribution in [0.1, 0.15) is 25.3 Å². The number of nitrogens with one attached hydrogen (secondary N) is 1. The summed E-state index contributed by atoms with van der Waals surface area (Å²) in [6.07, 6.45) is 5.92. The molecule has 0 saturated carbocycles. The smallest absolute Gasteiger partial charge is 0.263 e. The molecular weight excluding hydrogens is 522 g/mol. The molecule has 11 nitrogen and oxygen atoms in total. The molecule has 0 aliphatic rings. The number of hydrogen-bond acceptors (Lipinski definition) is 10. The van der Waals surface area contributed by atoms with Crippen LogP contribution in [0.2, 0.25) is 0 Å². The molecule has 204 valence electrons. The highest BCUT2D eigenvalue weighted by Gasteiger charge is 2.26. The number of sulfonamides is 1. The van der Waals surface area contributed by atoms with Crippen LogP contribution in [-0.2, 0) is 16.4 Å². The van der Waals surface area contributed by atoms with E-state index in [0.29, 0.717) is 5.75 Å². The van der Waals surface area contributed by atoms with Crippen LogP contribution >= 0.6 is 0 Å². The first-order chi connectivity index (χ1) is 18.9. The fourth-order valence-corrected chi connectivity index (χ4v) is 4.57. The number of aliphatic hydroxyl groups excluding tert-OH is 1. The SMILES string of the molecule is CCCCc1ccc(S(=O)(=O)Nc2nc(-c3ncccn3)nc(OCCO)c2Oc2ccccc2OC)cc1. The Balaban J connectivity index is 1.81. The molecule has 0 amide bonds. The molecule has 0 saturated heterocycles. The van der Waals surface area contributed by atoms with Crippen LogP contribution in [-0.4, -0.2) is 53.8 Å². The molecule has 2 aromatic carbocycles. The second kappa shape index (κ2) is 13.0. The Morgan fingerprint density at radius 1 is 0.923 bits per heavy atom. The van der Waals surface area contributed by atoms with Gasteiger partial charge in [-0.2, -0.15) is 4.98 Å². The lowest BCUT2D eigenvalue weighted by atomic mass is 10.1. The lowest BCUT2D eigenvalue weighted by Crippen LogP contribution is -2.16. The summed E-state index contributed by atoms with van der Waals surface area (Å²) >= 11 is 0. The summed E-state index contributed by atoms with van der Waals surface area (Å²) in [5.41, 5.74) is 1.04. The van der Waals surface area contributed by atoms with Crippen LogP contribution in [0.3, 0.4) is 0 Å². The van der Waals surface area contributed by atoms with Gasteiger partial charge in [0.05, 0.1) is 18.6 Å². The van der Waals surface area contributed by atoms with E-state index in [1.54, 1.807) is 54.6 Å². The number of methoxy groups -OCH3 is 1. The van der Waals surface area contributed by atoms with Crippen molar-refractivity contribution < 1.29 is 27.7 Å².